The fraction of sp³-hybridized carbons (Fsp3) is 0.458. The topological polar surface area (TPSA) is 49.8 Å². The number of likely N-dealkylation sites (tertiary alicyclic amines) is 1. The Hall–Kier alpha value is -2.24. The molecule has 0 aliphatic carbocycles. The molecule has 3 saturated heterocycles. The van der Waals surface area contributed by atoms with E-state index in [0.29, 0.717) is 30.6 Å². The first-order valence-corrected chi connectivity index (χ1v) is 10.4. The molecule has 0 saturated carbocycles. The zero-order valence-corrected chi connectivity index (χ0v) is 16.6. The molecular weight excluding hydrogens is 369 g/mol. The number of benzene rings is 2. The van der Waals surface area contributed by atoms with Crippen LogP contribution in [0.4, 0.5) is 4.39 Å². The van der Waals surface area contributed by atoms with Crippen LogP contribution in [0.5, 0.6) is 0 Å². The van der Waals surface area contributed by atoms with Gasteiger partial charge in [-0.3, -0.25) is 4.79 Å². The highest BCUT2D eigenvalue weighted by molar-refractivity contribution is 5.96. The Balaban J connectivity index is 1.39. The van der Waals surface area contributed by atoms with Crippen LogP contribution in [0, 0.1) is 24.6 Å². The van der Waals surface area contributed by atoms with E-state index in [9.17, 15) is 14.3 Å². The molecule has 1 spiro atoms. The van der Waals surface area contributed by atoms with Gasteiger partial charge in [-0.1, -0.05) is 30.3 Å². The monoisotopic (exact) mass is 395 g/mol. The number of ether oxygens (including phenoxy) is 1. The molecule has 4 atom stereocenters. The Bertz CT molecular complexity index is 961. The Kier molecular flexibility index (Phi) is 4.48. The fourth-order valence-electron chi connectivity index (χ4n) is 5.61. The van der Waals surface area contributed by atoms with Crippen LogP contribution in [0.3, 0.4) is 0 Å². The molecule has 1 amide bonds. The lowest BCUT2D eigenvalue weighted by molar-refractivity contribution is 0.00153. The molecule has 5 heteroatoms. The van der Waals surface area contributed by atoms with Gasteiger partial charge in [0.1, 0.15) is 5.82 Å². The summed E-state index contributed by atoms with van der Waals surface area (Å²) in [6.45, 7) is 3.09. The van der Waals surface area contributed by atoms with E-state index in [2.05, 4.69) is 0 Å². The second kappa shape index (κ2) is 6.92. The van der Waals surface area contributed by atoms with Gasteiger partial charge < -0.3 is 14.7 Å². The van der Waals surface area contributed by atoms with E-state index in [1.165, 1.54) is 0 Å². The summed E-state index contributed by atoms with van der Waals surface area (Å²) in [4.78, 5) is 15.3. The fourth-order valence-corrected chi connectivity index (χ4v) is 5.61. The highest BCUT2D eigenvalue weighted by Crippen LogP contribution is 2.54. The van der Waals surface area contributed by atoms with Gasteiger partial charge in [0.05, 0.1) is 18.2 Å². The van der Waals surface area contributed by atoms with Crippen molar-refractivity contribution in [2.24, 2.45) is 11.8 Å². The van der Waals surface area contributed by atoms with Crippen LogP contribution >= 0.6 is 0 Å². The Morgan fingerprint density at radius 1 is 1.31 bits per heavy atom. The van der Waals surface area contributed by atoms with E-state index < -0.39 is 0 Å². The largest absolute Gasteiger partial charge is 0.396 e. The highest BCUT2D eigenvalue weighted by Gasteiger charge is 2.63. The van der Waals surface area contributed by atoms with Gasteiger partial charge in [-0.05, 0) is 55.0 Å². The molecule has 2 aromatic carbocycles. The number of aryl methyl sites for hydroxylation is 1. The summed E-state index contributed by atoms with van der Waals surface area (Å²) in [5, 5.41) is 9.81. The van der Waals surface area contributed by atoms with E-state index in [1.54, 1.807) is 19.1 Å². The third-order valence-corrected chi connectivity index (χ3v) is 7.16. The molecule has 2 aromatic rings. The Labute approximate surface area is 170 Å². The summed E-state index contributed by atoms with van der Waals surface area (Å²) in [7, 11) is 0. The molecule has 152 valence electrons. The van der Waals surface area contributed by atoms with E-state index in [-0.39, 0.29) is 41.9 Å². The van der Waals surface area contributed by atoms with Crippen LogP contribution in [0.2, 0.25) is 0 Å². The van der Waals surface area contributed by atoms with Crippen molar-refractivity contribution in [1.82, 2.24) is 4.90 Å². The first-order chi connectivity index (χ1) is 14.0. The molecule has 0 radical (unpaired) electrons. The van der Waals surface area contributed by atoms with Gasteiger partial charge in [-0.15, -0.1) is 0 Å². The van der Waals surface area contributed by atoms with Crippen molar-refractivity contribution in [3.63, 3.8) is 0 Å². The number of fused-ring (bicyclic) bond motifs is 1. The maximum atomic E-state index is 14.0. The van der Waals surface area contributed by atoms with Crippen molar-refractivity contribution in [2.45, 2.75) is 37.9 Å². The molecule has 5 rings (SSSR count). The number of nitrogens with zero attached hydrogens (tertiary/aromatic N) is 1. The predicted octanol–water partition coefficient (Wildman–Crippen LogP) is 3.34. The van der Waals surface area contributed by atoms with Crippen LogP contribution in [0.25, 0.3) is 0 Å². The minimum atomic E-state index is -0.275. The van der Waals surface area contributed by atoms with Gasteiger partial charge in [0.2, 0.25) is 0 Å². The van der Waals surface area contributed by atoms with Gasteiger partial charge in [0.15, 0.2) is 0 Å². The van der Waals surface area contributed by atoms with Crippen molar-refractivity contribution in [2.75, 3.05) is 19.7 Å². The summed E-state index contributed by atoms with van der Waals surface area (Å²) in [5.41, 5.74) is 2.77. The molecule has 29 heavy (non-hydrogen) atoms. The van der Waals surface area contributed by atoms with Crippen molar-refractivity contribution < 1.29 is 19.0 Å². The molecule has 3 heterocycles. The van der Waals surface area contributed by atoms with Crippen LogP contribution in [0.1, 0.15) is 39.9 Å². The Morgan fingerprint density at radius 3 is 2.93 bits per heavy atom. The van der Waals surface area contributed by atoms with Gasteiger partial charge in [0.25, 0.3) is 5.91 Å². The molecule has 3 fully saturated rings. The number of aliphatic hydroxyl groups is 1. The first kappa shape index (κ1) is 18.8. The maximum absolute atomic E-state index is 14.0. The zero-order chi connectivity index (χ0) is 20.2. The van der Waals surface area contributed by atoms with Crippen LogP contribution in [0.15, 0.2) is 42.5 Å². The second-order valence-corrected chi connectivity index (χ2v) is 8.82. The van der Waals surface area contributed by atoms with Crippen molar-refractivity contribution in [3.8, 4) is 0 Å². The lowest BCUT2D eigenvalue weighted by Gasteiger charge is -2.27. The number of hydrogen-bond donors (Lipinski definition) is 1. The lowest BCUT2D eigenvalue weighted by Crippen LogP contribution is -2.38. The summed E-state index contributed by atoms with van der Waals surface area (Å²) < 4.78 is 20.2. The second-order valence-electron chi connectivity index (χ2n) is 8.82. The highest BCUT2D eigenvalue weighted by atomic mass is 19.1. The average molecular weight is 395 g/mol. The van der Waals surface area contributed by atoms with E-state index >= 15 is 0 Å². The van der Waals surface area contributed by atoms with Crippen LogP contribution in [-0.2, 0) is 11.2 Å². The van der Waals surface area contributed by atoms with Crippen molar-refractivity contribution >= 4 is 5.91 Å². The van der Waals surface area contributed by atoms with Gasteiger partial charge in [0, 0.05) is 30.6 Å². The predicted molar refractivity (Wildman–Crippen MR) is 107 cm³/mol. The SMILES string of the molecule is Cc1ccc(Cc2ccccc2C(=O)N2C[C@H]3[C@@H](CO)[C@@H]4CC[C@@]3(C2)O4)cc1F. The number of rotatable bonds is 4. The number of amides is 1. The van der Waals surface area contributed by atoms with Crippen LogP contribution < -0.4 is 0 Å². The normalized spacial score (nSPS) is 30.0. The van der Waals surface area contributed by atoms with Gasteiger partial charge in [-0.2, -0.15) is 0 Å². The molecule has 2 bridgehead atoms. The molecule has 4 nitrogen and oxygen atoms in total. The molecular formula is C24H26FNO3. The van der Waals surface area contributed by atoms with E-state index in [0.717, 1.165) is 24.0 Å². The van der Waals surface area contributed by atoms with E-state index in [4.69, 9.17) is 4.74 Å². The minimum Gasteiger partial charge on any atom is -0.396 e. The number of carbonyl (C=O) groups is 1. The molecule has 3 aliphatic rings. The summed E-state index contributed by atoms with van der Waals surface area (Å²) in [6.07, 6.45) is 2.59. The van der Waals surface area contributed by atoms with Crippen LogP contribution in [-0.4, -0.2) is 47.3 Å². The standard InChI is InChI=1S/C24H26FNO3/c1-15-6-7-16(11-21(15)25)10-17-4-2-3-5-18(17)23(28)26-12-20-19(13-27)22-8-9-24(20,14-26)29-22/h2-7,11,19-20,22,27H,8-10,12-14H2,1H3/t19-,20+,22+,24+/m1/s1. The van der Waals surface area contributed by atoms with Crippen molar-refractivity contribution in [3.05, 3.63) is 70.5 Å². The number of hydrogen-bond acceptors (Lipinski definition) is 3. The quantitative estimate of drug-likeness (QED) is 0.864. The first-order valence-electron chi connectivity index (χ1n) is 10.4. The Morgan fingerprint density at radius 2 is 2.14 bits per heavy atom. The number of aliphatic hydroxyl groups excluding tert-OH is 1. The third kappa shape index (κ3) is 2.99. The van der Waals surface area contributed by atoms with Gasteiger partial charge in [-0.25, -0.2) is 4.39 Å². The smallest absolute Gasteiger partial charge is 0.254 e. The maximum Gasteiger partial charge on any atom is 0.254 e. The summed E-state index contributed by atoms with van der Waals surface area (Å²) in [5.74, 6) is 0.127. The third-order valence-electron chi connectivity index (χ3n) is 7.16. The average Bonchev–Trinajstić information content (AvgIpc) is 3.38. The number of halogens is 1. The minimum absolute atomic E-state index is 0.000647. The molecule has 0 aromatic heterocycles. The van der Waals surface area contributed by atoms with E-state index in [1.807, 2.05) is 35.2 Å². The lowest BCUT2D eigenvalue weighted by atomic mass is 9.74. The summed E-state index contributed by atoms with van der Waals surface area (Å²) in [6, 6.07) is 12.8. The molecule has 3 aliphatic heterocycles. The molecule has 0 unspecified atom stereocenters. The van der Waals surface area contributed by atoms with Crippen molar-refractivity contribution in [1.29, 1.82) is 0 Å². The van der Waals surface area contributed by atoms with Gasteiger partial charge >= 0.3 is 0 Å². The number of carbonyl (C=O) groups excluding carboxylic acids is 1. The zero-order valence-electron chi connectivity index (χ0n) is 16.6. The summed E-state index contributed by atoms with van der Waals surface area (Å²) >= 11 is 0. The molecule has 1 N–H and O–H groups in total.